The Labute approximate surface area is 119 Å². The van der Waals surface area contributed by atoms with Gasteiger partial charge in [0.1, 0.15) is 5.69 Å². The van der Waals surface area contributed by atoms with Crippen LogP contribution in [0.3, 0.4) is 0 Å². The lowest BCUT2D eigenvalue weighted by molar-refractivity contribution is -0.385. The maximum absolute atomic E-state index is 10.8. The summed E-state index contributed by atoms with van der Waals surface area (Å²) in [6.07, 6.45) is 1.24. The molecule has 0 radical (unpaired) electrons. The second kappa shape index (κ2) is 6.24. The predicted molar refractivity (Wildman–Crippen MR) is 77.4 cm³/mol. The van der Waals surface area contributed by atoms with Crippen molar-refractivity contribution in [3.05, 3.63) is 74.3 Å². The number of nitro groups is 2. The molecule has 0 aliphatic carbocycles. The summed E-state index contributed by atoms with van der Waals surface area (Å²) in [5.41, 5.74) is 2.80. The normalized spacial score (nSPS) is 10.5. The third kappa shape index (κ3) is 3.38. The van der Waals surface area contributed by atoms with E-state index in [2.05, 4.69) is 10.5 Å². The Balaban J connectivity index is 2.21. The topological polar surface area (TPSA) is 111 Å². The Morgan fingerprint density at radius 3 is 2.14 bits per heavy atom. The summed E-state index contributed by atoms with van der Waals surface area (Å²) >= 11 is 0. The number of para-hydroxylation sites is 3. The van der Waals surface area contributed by atoms with E-state index in [0.717, 1.165) is 0 Å². The minimum absolute atomic E-state index is 0.0920. The lowest BCUT2D eigenvalue weighted by Crippen LogP contribution is -1.98. The number of nitrogens with one attached hydrogen (secondary N) is 1. The Kier molecular flexibility index (Phi) is 4.20. The molecular weight excluding hydrogens is 276 g/mol. The van der Waals surface area contributed by atoms with Gasteiger partial charge in [0.2, 0.25) is 0 Å². The number of hydrogen-bond acceptors (Lipinski definition) is 6. The highest BCUT2D eigenvalue weighted by Gasteiger charge is 2.12. The lowest BCUT2D eigenvalue weighted by Gasteiger charge is -2.01. The molecule has 2 rings (SSSR count). The van der Waals surface area contributed by atoms with Crippen LogP contribution >= 0.6 is 0 Å². The number of anilines is 1. The number of hydrogen-bond donors (Lipinski definition) is 1. The first kappa shape index (κ1) is 14.1. The third-order valence-corrected chi connectivity index (χ3v) is 2.62. The molecule has 0 unspecified atom stereocenters. The zero-order valence-electron chi connectivity index (χ0n) is 10.7. The molecule has 2 aromatic rings. The van der Waals surface area contributed by atoms with Gasteiger partial charge in [-0.2, -0.15) is 5.10 Å². The molecule has 0 spiro atoms. The van der Waals surface area contributed by atoms with Gasteiger partial charge in [-0.3, -0.25) is 25.7 Å². The molecule has 0 aliphatic rings. The highest BCUT2D eigenvalue weighted by Crippen LogP contribution is 2.23. The SMILES string of the molecule is O=[N+]([O-])c1ccccc1C=NNc1ccccc1[N+](=O)[O-]. The van der Waals surface area contributed by atoms with Crippen molar-refractivity contribution in [2.24, 2.45) is 5.10 Å². The van der Waals surface area contributed by atoms with E-state index in [0.29, 0.717) is 5.56 Å². The van der Waals surface area contributed by atoms with Crippen LogP contribution in [0, 0.1) is 20.2 Å². The molecule has 0 atom stereocenters. The summed E-state index contributed by atoms with van der Waals surface area (Å²) in [5, 5.41) is 25.5. The first-order valence-corrected chi connectivity index (χ1v) is 5.85. The van der Waals surface area contributed by atoms with Crippen LogP contribution in [0.1, 0.15) is 5.56 Å². The Morgan fingerprint density at radius 2 is 1.48 bits per heavy atom. The van der Waals surface area contributed by atoms with Crippen LogP contribution < -0.4 is 5.43 Å². The van der Waals surface area contributed by atoms with Crippen LogP contribution in [0.2, 0.25) is 0 Å². The van der Waals surface area contributed by atoms with E-state index in [4.69, 9.17) is 0 Å². The summed E-state index contributed by atoms with van der Waals surface area (Å²) < 4.78 is 0. The highest BCUT2D eigenvalue weighted by atomic mass is 16.6. The van der Waals surface area contributed by atoms with Gasteiger partial charge in [0.05, 0.1) is 21.6 Å². The first-order chi connectivity index (χ1) is 10.1. The molecule has 0 fully saturated rings. The molecule has 106 valence electrons. The molecule has 0 bridgehead atoms. The van der Waals surface area contributed by atoms with Gasteiger partial charge in [-0.05, 0) is 12.1 Å². The first-order valence-electron chi connectivity index (χ1n) is 5.85. The maximum Gasteiger partial charge on any atom is 0.294 e. The quantitative estimate of drug-likeness (QED) is 0.516. The molecule has 8 nitrogen and oxygen atoms in total. The largest absolute Gasteiger partial charge is 0.294 e. The van der Waals surface area contributed by atoms with E-state index in [1.165, 1.54) is 36.5 Å². The monoisotopic (exact) mass is 286 g/mol. The van der Waals surface area contributed by atoms with Gasteiger partial charge in [0.25, 0.3) is 11.4 Å². The smallest absolute Gasteiger partial charge is 0.272 e. The molecule has 0 saturated carbocycles. The van der Waals surface area contributed by atoms with Crippen molar-refractivity contribution in [1.29, 1.82) is 0 Å². The van der Waals surface area contributed by atoms with E-state index < -0.39 is 9.85 Å². The fourth-order valence-corrected chi connectivity index (χ4v) is 1.66. The van der Waals surface area contributed by atoms with Gasteiger partial charge in [-0.1, -0.05) is 24.3 Å². The molecule has 1 N–H and O–H groups in total. The second-order valence-corrected chi connectivity index (χ2v) is 3.96. The fourth-order valence-electron chi connectivity index (χ4n) is 1.66. The van der Waals surface area contributed by atoms with Crippen LogP contribution in [0.15, 0.2) is 53.6 Å². The average Bonchev–Trinajstić information content (AvgIpc) is 2.48. The van der Waals surface area contributed by atoms with Gasteiger partial charge in [0, 0.05) is 12.1 Å². The Morgan fingerprint density at radius 1 is 0.905 bits per heavy atom. The molecule has 0 aromatic heterocycles. The molecule has 2 aromatic carbocycles. The van der Waals surface area contributed by atoms with Crippen molar-refractivity contribution in [3.8, 4) is 0 Å². The van der Waals surface area contributed by atoms with Crippen LogP contribution in [-0.2, 0) is 0 Å². The minimum Gasteiger partial charge on any atom is -0.272 e. The molecule has 0 heterocycles. The number of nitro benzene ring substituents is 2. The van der Waals surface area contributed by atoms with Crippen LogP contribution in [0.5, 0.6) is 0 Å². The number of hydrazone groups is 1. The van der Waals surface area contributed by atoms with Crippen molar-refractivity contribution in [3.63, 3.8) is 0 Å². The van der Waals surface area contributed by atoms with E-state index in [1.807, 2.05) is 0 Å². The van der Waals surface area contributed by atoms with Gasteiger partial charge in [-0.25, -0.2) is 0 Å². The number of nitrogens with zero attached hydrogens (tertiary/aromatic N) is 3. The summed E-state index contributed by atoms with van der Waals surface area (Å²) in [6, 6.07) is 12.1. The number of benzene rings is 2. The zero-order chi connectivity index (χ0) is 15.2. The zero-order valence-corrected chi connectivity index (χ0v) is 10.7. The van der Waals surface area contributed by atoms with E-state index in [1.54, 1.807) is 18.2 Å². The third-order valence-electron chi connectivity index (χ3n) is 2.62. The molecule has 0 amide bonds. The van der Waals surface area contributed by atoms with Crippen molar-refractivity contribution >= 4 is 23.3 Å². The standard InChI is InChI=1S/C13H10N4O4/c18-16(19)12-7-3-1-5-10(12)9-14-15-11-6-2-4-8-13(11)17(20)21/h1-9,15H. The highest BCUT2D eigenvalue weighted by molar-refractivity contribution is 5.85. The molecule has 0 aliphatic heterocycles. The Bertz CT molecular complexity index is 715. The van der Waals surface area contributed by atoms with Gasteiger partial charge >= 0.3 is 0 Å². The summed E-state index contributed by atoms with van der Waals surface area (Å²) in [7, 11) is 0. The van der Waals surface area contributed by atoms with Crippen molar-refractivity contribution in [2.75, 3.05) is 5.43 Å². The van der Waals surface area contributed by atoms with Crippen molar-refractivity contribution in [1.82, 2.24) is 0 Å². The average molecular weight is 286 g/mol. The van der Waals surface area contributed by atoms with Gasteiger partial charge < -0.3 is 0 Å². The summed E-state index contributed by atoms with van der Waals surface area (Å²) in [4.78, 5) is 20.6. The van der Waals surface area contributed by atoms with Gasteiger partial charge in [0.15, 0.2) is 0 Å². The Hall–Kier alpha value is -3.29. The maximum atomic E-state index is 10.8. The van der Waals surface area contributed by atoms with Crippen LogP contribution in [0.25, 0.3) is 0 Å². The second-order valence-electron chi connectivity index (χ2n) is 3.96. The van der Waals surface area contributed by atoms with E-state index in [-0.39, 0.29) is 17.1 Å². The molecule has 21 heavy (non-hydrogen) atoms. The number of rotatable bonds is 5. The minimum atomic E-state index is -0.539. The van der Waals surface area contributed by atoms with Crippen LogP contribution in [0.4, 0.5) is 17.1 Å². The fraction of sp³-hybridized carbons (Fsp3) is 0. The van der Waals surface area contributed by atoms with E-state index >= 15 is 0 Å². The van der Waals surface area contributed by atoms with Gasteiger partial charge in [-0.15, -0.1) is 0 Å². The predicted octanol–water partition coefficient (Wildman–Crippen LogP) is 2.95. The van der Waals surface area contributed by atoms with Crippen LogP contribution in [-0.4, -0.2) is 16.1 Å². The molecular formula is C13H10N4O4. The summed E-state index contributed by atoms with van der Waals surface area (Å²) in [5.74, 6) is 0. The van der Waals surface area contributed by atoms with Crippen molar-refractivity contribution < 1.29 is 9.85 Å². The molecule has 8 heteroatoms. The lowest BCUT2D eigenvalue weighted by atomic mass is 10.2. The summed E-state index contributed by atoms with van der Waals surface area (Å²) in [6.45, 7) is 0. The molecule has 0 saturated heterocycles. The van der Waals surface area contributed by atoms with Crippen molar-refractivity contribution in [2.45, 2.75) is 0 Å². The van der Waals surface area contributed by atoms with E-state index in [9.17, 15) is 20.2 Å².